The van der Waals surface area contributed by atoms with Gasteiger partial charge in [0.2, 0.25) is 11.6 Å². The predicted molar refractivity (Wildman–Crippen MR) is 88.5 cm³/mol. The topological polar surface area (TPSA) is 86.5 Å². The highest BCUT2D eigenvalue weighted by Crippen LogP contribution is 2.29. The summed E-state index contributed by atoms with van der Waals surface area (Å²) in [6.07, 6.45) is -3.51. The van der Waals surface area contributed by atoms with E-state index in [0.717, 1.165) is 17.7 Å². The first-order valence-electron chi connectivity index (χ1n) is 7.72. The number of ether oxygens (including phenoxy) is 2. The number of amides is 1. The monoisotopic (exact) mass is 381 g/mol. The number of rotatable bonds is 5. The maximum atomic E-state index is 12.1. The van der Waals surface area contributed by atoms with Crippen LogP contribution < -0.4 is 14.8 Å². The number of hydrogen-bond donors (Lipinski definition) is 1. The standard InChI is InChI=1S/C17H14F3N3O4/c1-9-10(2)26-16-14(9)15(21-8-22-16)25-7-13(24)23-11-3-5-12(6-4-11)27-17(18,19)20/h3-6,8H,7H2,1-2H3,(H,23,24). The zero-order chi connectivity index (χ0) is 19.6. The summed E-state index contributed by atoms with van der Waals surface area (Å²) >= 11 is 0. The second kappa shape index (κ2) is 7.14. The molecule has 142 valence electrons. The molecule has 1 amide bonds. The van der Waals surface area contributed by atoms with Gasteiger partial charge in [-0.15, -0.1) is 13.2 Å². The Morgan fingerprint density at radius 1 is 1.19 bits per heavy atom. The highest BCUT2D eigenvalue weighted by molar-refractivity contribution is 5.92. The number of carbonyl (C=O) groups excluding carboxylic acids is 1. The molecule has 10 heteroatoms. The van der Waals surface area contributed by atoms with Crippen molar-refractivity contribution in [3.05, 3.63) is 41.9 Å². The summed E-state index contributed by atoms with van der Waals surface area (Å²) < 4.78 is 51.1. The third-order valence-electron chi connectivity index (χ3n) is 3.64. The summed E-state index contributed by atoms with van der Waals surface area (Å²) in [7, 11) is 0. The first-order chi connectivity index (χ1) is 12.7. The Kier molecular flexibility index (Phi) is 4.89. The van der Waals surface area contributed by atoms with Crippen molar-refractivity contribution >= 4 is 22.7 Å². The van der Waals surface area contributed by atoms with Crippen molar-refractivity contribution in [2.24, 2.45) is 0 Å². The van der Waals surface area contributed by atoms with Crippen LogP contribution in [0.3, 0.4) is 0 Å². The Morgan fingerprint density at radius 3 is 2.56 bits per heavy atom. The summed E-state index contributed by atoms with van der Waals surface area (Å²) in [6.45, 7) is 3.25. The molecule has 0 radical (unpaired) electrons. The van der Waals surface area contributed by atoms with Crippen molar-refractivity contribution in [1.82, 2.24) is 9.97 Å². The number of halogens is 3. The van der Waals surface area contributed by atoms with Crippen molar-refractivity contribution in [2.45, 2.75) is 20.2 Å². The fourth-order valence-corrected chi connectivity index (χ4v) is 2.33. The fraction of sp³-hybridized carbons (Fsp3) is 0.235. The third-order valence-corrected chi connectivity index (χ3v) is 3.64. The molecule has 3 aromatic rings. The lowest BCUT2D eigenvalue weighted by molar-refractivity contribution is -0.274. The molecular formula is C17H14F3N3O4. The van der Waals surface area contributed by atoms with E-state index in [2.05, 4.69) is 20.0 Å². The summed E-state index contributed by atoms with van der Waals surface area (Å²) in [5, 5.41) is 3.08. The van der Waals surface area contributed by atoms with Crippen molar-refractivity contribution in [2.75, 3.05) is 11.9 Å². The lowest BCUT2D eigenvalue weighted by Gasteiger charge is -2.10. The maximum Gasteiger partial charge on any atom is 0.573 e. The van der Waals surface area contributed by atoms with E-state index in [4.69, 9.17) is 9.15 Å². The molecule has 1 aromatic carbocycles. The number of carbonyl (C=O) groups is 1. The van der Waals surface area contributed by atoms with Crippen LogP contribution in [0.1, 0.15) is 11.3 Å². The van der Waals surface area contributed by atoms with Crippen LogP contribution in [0.5, 0.6) is 11.6 Å². The lowest BCUT2D eigenvalue weighted by atomic mass is 10.2. The molecule has 0 saturated heterocycles. The van der Waals surface area contributed by atoms with Crippen molar-refractivity contribution in [3.8, 4) is 11.6 Å². The minimum Gasteiger partial charge on any atom is -0.467 e. The van der Waals surface area contributed by atoms with Gasteiger partial charge in [0, 0.05) is 11.3 Å². The average Bonchev–Trinajstić information content (AvgIpc) is 2.88. The highest BCUT2D eigenvalue weighted by Gasteiger charge is 2.31. The Balaban J connectivity index is 1.62. The van der Waals surface area contributed by atoms with Crippen LogP contribution in [-0.2, 0) is 4.79 Å². The molecule has 0 unspecified atom stereocenters. The van der Waals surface area contributed by atoms with Gasteiger partial charge in [-0.05, 0) is 38.1 Å². The number of aromatic nitrogens is 2. The first-order valence-corrected chi connectivity index (χ1v) is 7.72. The SMILES string of the molecule is Cc1oc2ncnc(OCC(=O)Nc3ccc(OC(F)(F)F)cc3)c2c1C. The fourth-order valence-electron chi connectivity index (χ4n) is 2.33. The van der Waals surface area contributed by atoms with Gasteiger partial charge in [-0.25, -0.2) is 9.97 Å². The minimum absolute atomic E-state index is 0.207. The number of nitrogens with one attached hydrogen (secondary N) is 1. The third kappa shape index (κ3) is 4.46. The zero-order valence-corrected chi connectivity index (χ0v) is 14.3. The highest BCUT2D eigenvalue weighted by atomic mass is 19.4. The average molecular weight is 381 g/mol. The number of hydrogen-bond acceptors (Lipinski definition) is 6. The van der Waals surface area contributed by atoms with Crippen molar-refractivity contribution in [3.63, 3.8) is 0 Å². The molecule has 0 fully saturated rings. The number of benzene rings is 1. The number of alkyl halides is 3. The van der Waals surface area contributed by atoms with Gasteiger partial charge in [-0.3, -0.25) is 4.79 Å². The van der Waals surface area contributed by atoms with E-state index in [1.54, 1.807) is 6.92 Å². The summed E-state index contributed by atoms with van der Waals surface area (Å²) in [4.78, 5) is 20.0. The van der Waals surface area contributed by atoms with Crippen LogP contribution in [0.25, 0.3) is 11.1 Å². The molecule has 2 aromatic heterocycles. The molecule has 0 bridgehead atoms. The molecule has 2 heterocycles. The normalized spacial score (nSPS) is 11.4. The van der Waals surface area contributed by atoms with Crippen LogP contribution in [-0.4, -0.2) is 28.8 Å². The van der Waals surface area contributed by atoms with Crippen LogP contribution in [0.4, 0.5) is 18.9 Å². The van der Waals surface area contributed by atoms with E-state index in [1.807, 2.05) is 6.92 Å². The van der Waals surface area contributed by atoms with E-state index < -0.39 is 12.3 Å². The van der Waals surface area contributed by atoms with Crippen LogP contribution in [0, 0.1) is 13.8 Å². The van der Waals surface area contributed by atoms with Gasteiger partial charge in [-0.2, -0.15) is 0 Å². The smallest absolute Gasteiger partial charge is 0.467 e. The van der Waals surface area contributed by atoms with Crippen LogP contribution >= 0.6 is 0 Å². The summed E-state index contributed by atoms with van der Waals surface area (Å²) in [5.74, 6) is -0.0190. The Hall–Kier alpha value is -3.30. The number of anilines is 1. The molecule has 0 spiro atoms. The quantitative estimate of drug-likeness (QED) is 0.724. The van der Waals surface area contributed by atoms with Gasteiger partial charge in [-0.1, -0.05) is 0 Å². The Morgan fingerprint density at radius 2 is 1.89 bits per heavy atom. The summed E-state index contributed by atoms with van der Waals surface area (Å²) in [6, 6.07) is 4.75. The molecule has 7 nitrogen and oxygen atoms in total. The molecule has 0 saturated carbocycles. The van der Waals surface area contributed by atoms with Gasteiger partial charge >= 0.3 is 6.36 Å². The Bertz CT molecular complexity index is 968. The van der Waals surface area contributed by atoms with Gasteiger partial charge in [0.15, 0.2) is 6.61 Å². The molecule has 0 atom stereocenters. The van der Waals surface area contributed by atoms with E-state index in [0.29, 0.717) is 22.5 Å². The summed E-state index contributed by atoms with van der Waals surface area (Å²) in [5.41, 5.74) is 1.46. The number of fused-ring (bicyclic) bond motifs is 1. The molecule has 0 aliphatic carbocycles. The second-order valence-electron chi connectivity index (χ2n) is 5.55. The first kappa shape index (κ1) is 18.5. The van der Waals surface area contributed by atoms with Crippen molar-refractivity contribution < 1.29 is 31.9 Å². The molecule has 0 aliphatic heterocycles. The second-order valence-corrected chi connectivity index (χ2v) is 5.55. The predicted octanol–water partition coefficient (Wildman–Crippen LogP) is 3.76. The van der Waals surface area contributed by atoms with Crippen molar-refractivity contribution in [1.29, 1.82) is 0 Å². The van der Waals surface area contributed by atoms with Gasteiger partial charge < -0.3 is 19.2 Å². The zero-order valence-electron chi connectivity index (χ0n) is 14.3. The molecule has 0 aliphatic rings. The number of nitrogens with zero attached hydrogens (tertiary/aromatic N) is 2. The largest absolute Gasteiger partial charge is 0.573 e. The van der Waals surface area contributed by atoms with Gasteiger partial charge in [0.05, 0.1) is 0 Å². The lowest BCUT2D eigenvalue weighted by Crippen LogP contribution is -2.20. The molecule has 1 N–H and O–H groups in total. The van der Waals surface area contributed by atoms with Gasteiger partial charge in [0.1, 0.15) is 23.2 Å². The Labute approximate surface area is 151 Å². The molecule has 27 heavy (non-hydrogen) atoms. The molecular weight excluding hydrogens is 367 g/mol. The minimum atomic E-state index is -4.77. The van der Waals surface area contributed by atoms with Crippen LogP contribution in [0.2, 0.25) is 0 Å². The maximum absolute atomic E-state index is 12.1. The van der Waals surface area contributed by atoms with Crippen LogP contribution in [0.15, 0.2) is 35.0 Å². The number of furan rings is 1. The van der Waals surface area contributed by atoms with E-state index in [1.165, 1.54) is 18.5 Å². The van der Waals surface area contributed by atoms with E-state index in [9.17, 15) is 18.0 Å². The van der Waals surface area contributed by atoms with E-state index in [-0.39, 0.29) is 18.2 Å². The van der Waals surface area contributed by atoms with E-state index >= 15 is 0 Å². The molecule has 3 rings (SSSR count). The van der Waals surface area contributed by atoms with Gasteiger partial charge in [0.25, 0.3) is 5.91 Å². The number of aryl methyl sites for hydroxylation is 2.